The van der Waals surface area contributed by atoms with E-state index in [1.54, 1.807) is 0 Å². The Morgan fingerprint density at radius 2 is 1.53 bits per heavy atom. The molecule has 0 saturated carbocycles. The molecule has 3 rings (SSSR count). The van der Waals surface area contributed by atoms with E-state index in [9.17, 15) is 36.7 Å². The van der Waals surface area contributed by atoms with Crippen LogP contribution in [-0.2, 0) is 20.2 Å². The van der Waals surface area contributed by atoms with Crippen LogP contribution in [0.2, 0.25) is 5.02 Å². The maximum absolute atomic E-state index is 12.8. The second kappa shape index (κ2) is 7.37. The molecule has 0 saturated heterocycles. The molecule has 4 N–H and O–H groups in total. The molecule has 0 unspecified atom stereocenters. The van der Waals surface area contributed by atoms with Gasteiger partial charge in [0.2, 0.25) is 0 Å². The van der Waals surface area contributed by atoms with Crippen molar-refractivity contribution < 1.29 is 41.3 Å². The van der Waals surface area contributed by atoms with Crippen LogP contribution in [0.5, 0.6) is 17.2 Å². The van der Waals surface area contributed by atoms with E-state index < -0.39 is 63.7 Å². The van der Waals surface area contributed by atoms with Crippen LogP contribution < -0.4 is 5.11 Å². The molecule has 30 heavy (non-hydrogen) atoms. The molecular formula is C16H10ClN2O9S2-. The number of phenols is 2. The minimum Gasteiger partial charge on any atom is -0.870 e. The van der Waals surface area contributed by atoms with Crippen molar-refractivity contribution >= 4 is 54.0 Å². The number of nitrogens with zero attached hydrogens (tertiary/aromatic N) is 2. The van der Waals surface area contributed by atoms with E-state index in [-0.39, 0.29) is 10.7 Å². The van der Waals surface area contributed by atoms with Crippen LogP contribution in [0.3, 0.4) is 0 Å². The topological polar surface area (TPSA) is 197 Å². The molecule has 0 aliphatic rings. The Morgan fingerprint density at radius 3 is 2.13 bits per heavy atom. The van der Waals surface area contributed by atoms with Crippen molar-refractivity contribution in [3.8, 4) is 17.2 Å². The van der Waals surface area contributed by atoms with Crippen molar-refractivity contribution in [2.24, 2.45) is 10.2 Å². The van der Waals surface area contributed by atoms with Gasteiger partial charge in [-0.25, -0.2) is 0 Å². The summed E-state index contributed by atoms with van der Waals surface area (Å²) in [6.07, 6.45) is 0. The van der Waals surface area contributed by atoms with Gasteiger partial charge in [-0.2, -0.15) is 16.8 Å². The summed E-state index contributed by atoms with van der Waals surface area (Å²) < 4.78 is 64.8. The van der Waals surface area contributed by atoms with Crippen molar-refractivity contribution in [1.82, 2.24) is 0 Å². The number of aromatic hydroxyl groups is 2. The van der Waals surface area contributed by atoms with Crippen molar-refractivity contribution in [3.63, 3.8) is 0 Å². The van der Waals surface area contributed by atoms with E-state index in [1.165, 1.54) is 12.1 Å². The summed E-state index contributed by atoms with van der Waals surface area (Å²) in [7, 11) is -9.87. The van der Waals surface area contributed by atoms with Crippen LogP contribution in [0.25, 0.3) is 10.8 Å². The highest BCUT2D eigenvalue weighted by atomic mass is 35.5. The number of hydrogen-bond acceptors (Lipinski definition) is 9. The second-order valence-electron chi connectivity index (χ2n) is 5.88. The standard InChI is InChI=1S/C16H11ClN2O9S2/c17-8-1-2-11(20)10(5-8)18-19-15-13(30(26,27)28)4-7-3-9(29(23,24)25)6-12(21)14(7)16(15)22/h1-6,20-22H,(H,23,24,25)(H,26,27,28)/p-1. The highest BCUT2D eigenvalue weighted by Crippen LogP contribution is 2.44. The van der Waals surface area contributed by atoms with Gasteiger partial charge in [-0.05, 0) is 35.7 Å². The smallest absolute Gasteiger partial charge is 0.296 e. The number of azo groups is 1. The minimum absolute atomic E-state index is 0.146. The Bertz CT molecular complexity index is 1440. The lowest BCUT2D eigenvalue weighted by Crippen LogP contribution is -2.04. The van der Waals surface area contributed by atoms with Gasteiger partial charge in [-0.3, -0.25) is 9.11 Å². The van der Waals surface area contributed by atoms with Crippen molar-refractivity contribution in [2.75, 3.05) is 0 Å². The third kappa shape index (κ3) is 4.15. The Balaban J connectivity index is 2.36. The first-order chi connectivity index (χ1) is 13.8. The number of phenolic OH excluding ortho intramolecular Hbond substituents is 2. The molecule has 0 atom stereocenters. The maximum Gasteiger partial charge on any atom is 0.296 e. The summed E-state index contributed by atoms with van der Waals surface area (Å²) in [6, 6.07) is 5.64. The lowest BCUT2D eigenvalue weighted by atomic mass is 10.1. The minimum atomic E-state index is -5.07. The molecule has 0 amide bonds. The zero-order valence-corrected chi connectivity index (χ0v) is 16.8. The quantitative estimate of drug-likeness (QED) is 0.325. The van der Waals surface area contributed by atoms with Gasteiger partial charge < -0.3 is 15.3 Å². The van der Waals surface area contributed by atoms with Gasteiger partial charge in [0, 0.05) is 16.5 Å². The largest absolute Gasteiger partial charge is 0.870 e. The first kappa shape index (κ1) is 21.7. The molecule has 11 nitrogen and oxygen atoms in total. The fraction of sp³-hybridized carbons (Fsp3) is 0. The summed E-state index contributed by atoms with van der Waals surface area (Å²) in [6.45, 7) is 0. The Hall–Kier alpha value is -2.97. The predicted molar refractivity (Wildman–Crippen MR) is 102 cm³/mol. The Labute approximate surface area is 174 Å². The normalized spacial score (nSPS) is 12.6. The molecule has 0 bridgehead atoms. The molecule has 0 fully saturated rings. The van der Waals surface area contributed by atoms with E-state index in [2.05, 4.69) is 10.2 Å². The van der Waals surface area contributed by atoms with Crippen molar-refractivity contribution in [3.05, 3.63) is 41.4 Å². The summed E-state index contributed by atoms with van der Waals surface area (Å²) in [5, 5.41) is 38.8. The Morgan fingerprint density at radius 1 is 0.867 bits per heavy atom. The number of rotatable bonds is 4. The molecule has 3 aromatic carbocycles. The summed E-state index contributed by atoms with van der Waals surface area (Å²) >= 11 is 5.77. The van der Waals surface area contributed by atoms with Gasteiger partial charge in [-0.1, -0.05) is 17.4 Å². The summed E-state index contributed by atoms with van der Waals surface area (Å²) in [5.41, 5.74) is -1.14. The fourth-order valence-corrected chi connectivity index (χ4v) is 3.90. The van der Waals surface area contributed by atoms with Crippen molar-refractivity contribution in [2.45, 2.75) is 9.79 Å². The lowest BCUT2D eigenvalue weighted by Gasteiger charge is -2.18. The van der Waals surface area contributed by atoms with Crippen LogP contribution in [0.15, 0.2) is 56.4 Å². The molecule has 0 aromatic heterocycles. The molecular weight excluding hydrogens is 464 g/mol. The van der Waals surface area contributed by atoms with Gasteiger partial charge >= 0.3 is 0 Å². The van der Waals surface area contributed by atoms with E-state index in [4.69, 9.17) is 16.2 Å². The van der Waals surface area contributed by atoms with Gasteiger partial charge in [0.1, 0.15) is 22.1 Å². The van der Waals surface area contributed by atoms with E-state index >= 15 is 0 Å². The van der Waals surface area contributed by atoms with Crippen LogP contribution >= 0.6 is 11.6 Å². The molecule has 3 aromatic rings. The molecule has 0 heterocycles. The van der Waals surface area contributed by atoms with E-state index in [1.807, 2.05) is 0 Å². The van der Waals surface area contributed by atoms with Crippen LogP contribution in [0.4, 0.5) is 11.4 Å². The average Bonchev–Trinajstić information content (AvgIpc) is 2.61. The van der Waals surface area contributed by atoms with E-state index in [0.717, 1.165) is 12.1 Å². The zero-order valence-electron chi connectivity index (χ0n) is 14.4. The predicted octanol–water partition coefficient (Wildman–Crippen LogP) is 2.89. The van der Waals surface area contributed by atoms with E-state index in [0.29, 0.717) is 12.1 Å². The molecule has 14 heteroatoms. The third-order valence-electron chi connectivity index (χ3n) is 3.85. The molecule has 0 aliphatic carbocycles. The first-order valence-corrected chi connectivity index (χ1v) is 10.9. The van der Waals surface area contributed by atoms with Gasteiger partial charge in [-0.15, -0.1) is 10.2 Å². The average molecular weight is 474 g/mol. The molecule has 0 aliphatic heterocycles. The number of benzene rings is 3. The lowest BCUT2D eigenvalue weighted by molar-refractivity contribution is -0.265. The van der Waals surface area contributed by atoms with Crippen LogP contribution in [0.1, 0.15) is 0 Å². The third-order valence-corrected chi connectivity index (χ3v) is 5.79. The van der Waals surface area contributed by atoms with Gasteiger partial charge in [0.25, 0.3) is 20.2 Å². The van der Waals surface area contributed by atoms with Gasteiger partial charge in [0.05, 0.1) is 10.6 Å². The van der Waals surface area contributed by atoms with Crippen LogP contribution in [-0.4, -0.2) is 36.2 Å². The fourth-order valence-electron chi connectivity index (χ4n) is 2.54. The summed E-state index contributed by atoms with van der Waals surface area (Å²) in [4.78, 5) is -1.86. The second-order valence-corrected chi connectivity index (χ2v) is 9.12. The van der Waals surface area contributed by atoms with Crippen molar-refractivity contribution in [1.29, 1.82) is 0 Å². The molecule has 0 spiro atoms. The molecule has 0 radical (unpaired) electrons. The Kier molecular flexibility index (Phi) is 5.34. The molecule has 158 valence electrons. The number of hydrogen-bond donors (Lipinski definition) is 4. The highest BCUT2D eigenvalue weighted by Gasteiger charge is 2.22. The van der Waals surface area contributed by atoms with Crippen LogP contribution in [0, 0.1) is 0 Å². The highest BCUT2D eigenvalue weighted by molar-refractivity contribution is 7.86. The number of halogens is 1. The SMILES string of the molecule is O=S(=O)(O)c1cc(O)c2c([O-])c(N=Nc3cc(Cl)ccc3O)c(S(=O)(=O)O)cc2c1. The maximum atomic E-state index is 12.8. The first-order valence-electron chi connectivity index (χ1n) is 7.65. The number of fused-ring (bicyclic) bond motifs is 1. The monoisotopic (exact) mass is 473 g/mol. The summed E-state index contributed by atoms with van der Waals surface area (Å²) in [5.74, 6) is -2.51. The zero-order chi connectivity index (χ0) is 22.4. The van der Waals surface area contributed by atoms with Gasteiger partial charge in [0.15, 0.2) is 0 Å².